The minimum Gasteiger partial charge on any atom is -0.398 e. The molecule has 62 valence electrons. The summed E-state index contributed by atoms with van der Waals surface area (Å²) in [6, 6.07) is 4.59. The van der Waals surface area contributed by atoms with Crippen LogP contribution < -0.4 is 5.73 Å². The van der Waals surface area contributed by atoms with Crippen molar-refractivity contribution in [2.45, 2.75) is 6.42 Å². The second kappa shape index (κ2) is 3.55. The van der Waals surface area contributed by atoms with E-state index in [4.69, 9.17) is 11.0 Å². The molecule has 1 aromatic rings. The van der Waals surface area contributed by atoms with Gasteiger partial charge in [-0.2, -0.15) is 5.26 Å². The molecule has 0 fully saturated rings. The maximum absolute atomic E-state index is 13.0. The van der Waals surface area contributed by atoms with Crippen molar-refractivity contribution < 1.29 is 4.39 Å². The van der Waals surface area contributed by atoms with Crippen LogP contribution in [0.2, 0.25) is 0 Å². The first-order valence-electron chi connectivity index (χ1n) is 3.25. The molecule has 0 saturated heterocycles. The van der Waals surface area contributed by atoms with Gasteiger partial charge in [-0.25, -0.2) is 4.39 Å². The molecule has 0 bridgehead atoms. The molecule has 0 aliphatic rings. The molecule has 0 aromatic heterocycles. The molecule has 0 aliphatic heterocycles. The lowest BCUT2D eigenvalue weighted by molar-refractivity contribution is 0.614. The summed E-state index contributed by atoms with van der Waals surface area (Å²) in [5.74, 6) is -0.405. The van der Waals surface area contributed by atoms with Gasteiger partial charge in [-0.3, -0.25) is 0 Å². The van der Waals surface area contributed by atoms with Crippen LogP contribution in [0.5, 0.6) is 0 Å². The molecule has 4 heteroatoms. The van der Waals surface area contributed by atoms with Crippen LogP contribution in [0.1, 0.15) is 5.56 Å². The van der Waals surface area contributed by atoms with Crippen molar-refractivity contribution in [3.8, 4) is 6.07 Å². The highest BCUT2D eigenvalue weighted by Crippen LogP contribution is 2.23. The second-order valence-corrected chi connectivity index (χ2v) is 3.15. The summed E-state index contributed by atoms with van der Waals surface area (Å²) < 4.78 is 13.5. The third-order valence-corrected chi connectivity index (χ3v) is 2.12. The first-order valence-corrected chi connectivity index (χ1v) is 4.05. The Morgan fingerprint density at radius 2 is 2.25 bits per heavy atom. The lowest BCUT2D eigenvalue weighted by atomic mass is 10.1. The number of hydrogen-bond donors (Lipinski definition) is 1. The van der Waals surface area contributed by atoms with Crippen LogP contribution in [0.15, 0.2) is 16.6 Å². The van der Waals surface area contributed by atoms with Crippen molar-refractivity contribution in [3.63, 3.8) is 0 Å². The predicted octanol–water partition coefficient (Wildman–Crippen LogP) is 2.24. The number of nitrogens with two attached hydrogens (primary N) is 1. The minimum atomic E-state index is -0.405. The molecule has 0 amide bonds. The summed E-state index contributed by atoms with van der Waals surface area (Å²) in [7, 11) is 0. The van der Waals surface area contributed by atoms with Crippen molar-refractivity contribution >= 4 is 21.6 Å². The highest BCUT2D eigenvalue weighted by Gasteiger charge is 2.05. The van der Waals surface area contributed by atoms with Gasteiger partial charge >= 0.3 is 0 Å². The van der Waals surface area contributed by atoms with Gasteiger partial charge in [0, 0.05) is 15.7 Å². The number of hydrogen-bond acceptors (Lipinski definition) is 2. The SMILES string of the molecule is N#CCc1cc(N)c(Br)cc1F. The largest absolute Gasteiger partial charge is 0.398 e. The van der Waals surface area contributed by atoms with Crippen molar-refractivity contribution in [1.29, 1.82) is 5.26 Å². The normalized spacial score (nSPS) is 9.42. The Morgan fingerprint density at radius 1 is 1.58 bits per heavy atom. The molecule has 0 unspecified atom stereocenters. The third-order valence-electron chi connectivity index (χ3n) is 1.44. The van der Waals surface area contributed by atoms with Gasteiger partial charge in [0.1, 0.15) is 5.82 Å². The zero-order valence-corrected chi connectivity index (χ0v) is 7.73. The van der Waals surface area contributed by atoms with Gasteiger partial charge in [-0.15, -0.1) is 0 Å². The maximum atomic E-state index is 13.0. The first-order chi connectivity index (χ1) is 5.65. The molecular formula is C8H6BrFN2. The van der Waals surface area contributed by atoms with E-state index in [2.05, 4.69) is 15.9 Å². The van der Waals surface area contributed by atoms with E-state index in [0.29, 0.717) is 15.7 Å². The number of rotatable bonds is 1. The monoisotopic (exact) mass is 228 g/mol. The maximum Gasteiger partial charge on any atom is 0.128 e. The van der Waals surface area contributed by atoms with E-state index in [-0.39, 0.29) is 6.42 Å². The predicted molar refractivity (Wildman–Crippen MR) is 47.8 cm³/mol. The molecule has 12 heavy (non-hydrogen) atoms. The fraction of sp³-hybridized carbons (Fsp3) is 0.125. The van der Waals surface area contributed by atoms with Crippen LogP contribution in [-0.4, -0.2) is 0 Å². The van der Waals surface area contributed by atoms with E-state index in [9.17, 15) is 4.39 Å². The zero-order valence-electron chi connectivity index (χ0n) is 6.14. The molecule has 2 nitrogen and oxygen atoms in total. The fourth-order valence-corrected chi connectivity index (χ4v) is 1.15. The van der Waals surface area contributed by atoms with Crippen LogP contribution in [0, 0.1) is 17.1 Å². The van der Waals surface area contributed by atoms with Crippen molar-refractivity contribution in [2.24, 2.45) is 0 Å². The molecule has 0 aliphatic carbocycles. The number of anilines is 1. The van der Waals surface area contributed by atoms with E-state index in [1.165, 1.54) is 12.1 Å². The number of benzene rings is 1. The summed E-state index contributed by atoms with van der Waals surface area (Å²) in [6.07, 6.45) is 0.0450. The molecule has 2 N–H and O–H groups in total. The van der Waals surface area contributed by atoms with Crippen LogP contribution in [-0.2, 0) is 6.42 Å². The van der Waals surface area contributed by atoms with Gasteiger partial charge in [-0.05, 0) is 28.1 Å². The summed E-state index contributed by atoms with van der Waals surface area (Å²) in [6.45, 7) is 0. The summed E-state index contributed by atoms with van der Waals surface area (Å²) in [5.41, 5.74) is 6.27. The van der Waals surface area contributed by atoms with E-state index in [1.54, 1.807) is 0 Å². The molecule has 1 aromatic carbocycles. The number of nitrogens with zero attached hydrogens (tertiary/aromatic N) is 1. The van der Waals surface area contributed by atoms with Gasteiger partial charge in [-0.1, -0.05) is 0 Å². The molecular weight excluding hydrogens is 223 g/mol. The van der Waals surface area contributed by atoms with Crippen molar-refractivity contribution in [2.75, 3.05) is 5.73 Å². The standard InChI is InChI=1S/C8H6BrFN2/c9-6-4-7(10)5(1-2-11)3-8(6)12/h3-4H,1,12H2. The summed E-state index contributed by atoms with van der Waals surface area (Å²) >= 11 is 3.08. The van der Waals surface area contributed by atoms with Crippen molar-refractivity contribution in [1.82, 2.24) is 0 Å². The Hall–Kier alpha value is -1.08. The molecule has 0 saturated carbocycles. The van der Waals surface area contributed by atoms with Gasteiger partial charge in [0.2, 0.25) is 0 Å². The summed E-state index contributed by atoms with van der Waals surface area (Å²) in [5, 5.41) is 8.34. The average Bonchev–Trinajstić information content (AvgIpc) is 2.01. The Labute approximate surface area is 77.9 Å². The smallest absolute Gasteiger partial charge is 0.128 e. The number of nitriles is 1. The number of halogens is 2. The van der Waals surface area contributed by atoms with E-state index >= 15 is 0 Å². The van der Waals surface area contributed by atoms with E-state index in [1.807, 2.05) is 6.07 Å². The van der Waals surface area contributed by atoms with Gasteiger partial charge in [0.05, 0.1) is 12.5 Å². The lowest BCUT2D eigenvalue weighted by Gasteiger charge is -2.01. The first kappa shape index (κ1) is 9.01. The molecule has 0 atom stereocenters. The quantitative estimate of drug-likeness (QED) is 0.750. The average molecular weight is 229 g/mol. The fourth-order valence-electron chi connectivity index (χ4n) is 0.834. The zero-order chi connectivity index (χ0) is 9.14. The van der Waals surface area contributed by atoms with Crippen LogP contribution in [0.4, 0.5) is 10.1 Å². The highest BCUT2D eigenvalue weighted by atomic mass is 79.9. The minimum absolute atomic E-state index is 0.0450. The second-order valence-electron chi connectivity index (χ2n) is 2.30. The Morgan fingerprint density at radius 3 is 2.83 bits per heavy atom. The Balaban J connectivity index is 3.16. The Kier molecular flexibility index (Phi) is 2.66. The number of nitrogen functional groups attached to an aromatic ring is 1. The molecule has 0 spiro atoms. The van der Waals surface area contributed by atoms with Crippen LogP contribution in [0.3, 0.4) is 0 Å². The van der Waals surface area contributed by atoms with Gasteiger partial charge in [0.15, 0.2) is 0 Å². The van der Waals surface area contributed by atoms with Gasteiger partial charge in [0.25, 0.3) is 0 Å². The highest BCUT2D eigenvalue weighted by molar-refractivity contribution is 9.10. The van der Waals surface area contributed by atoms with E-state index < -0.39 is 5.82 Å². The molecule has 0 heterocycles. The van der Waals surface area contributed by atoms with Crippen LogP contribution >= 0.6 is 15.9 Å². The van der Waals surface area contributed by atoms with E-state index in [0.717, 1.165) is 0 Å². The molecule has 1 rings (SSSR count). The van der Waals surface area contributed by atoms with Crippen molar-refractivity contribution in [3.05, 3.63) is 28.0 Å². The lowest BCUT2D eigenvalue weighted by Crippen LogP contribution is -1.94. The van der Waals surface area contributed by atoms with Gasteiger partial charge < -0.3 is 5.73 Å². The molecule has 0 radical (unpaired) electrons. The van der Waals surface area contributed by atoms with Crippen LogP contribution in [0.25, 0.3) is 0 Å². The summed E-state index contributed by atoms with van der Waals surface area (Å²) in [4.78, 5) is 0. The third kappa shape index (κ3) is 1.74. The Bertz CT molecular complexity index is 344. The topological polar surface area (TPSA) is 49.8 Å².